The second-order valence-corrected chi connectivity index (χ2v) is 6.10. The van der Waals surface area contributed by atoms with E-state index in [1.807, 2.05) is 6.08 Å². The van der Waals surface area contributed by atoms with Crippen molar-refractivity contribution in [2.75, 3.05) is 7.11 Å². The summed E-state index contributed by atoms with van der Waals surface area (Å²) in [6.45, 7) is 0. The molecule has 0 radical (unpaired) electrons. The maximum atomic E-state index is 12.4. The molecule has 1 fully saturated rings. The summed E-state index contributed by atoms with van der Waals surface area (Å²) in [5.41, 5.74) is -0.764. The minimum Gasteiger partial charge on any atom is -0.466 e. The molecule has 0 amide bonds. The standard InChI is InChI=1S/C13H11IO5/c1-18-12(17)7-4-6-5-8(14)10(7)13(11(6)16)3-2-9(15)19-13/h4-6,10H,2-3H2,1H3/t6-,10+,13+/m0/s1. The van der Waals surface area contributed by atoms with Crippen LogP contribution in [0.2, 0.25) is 0 Å². The average molecular weight is 374 g/mol. The number of rotatable bonds is 1. The van der Waals surface area contributed by atoms with E-state index in [0.717, 1.165) is 3.58 Å². The van der Waals surface area contributed by atoms with Gasteiger partial charge in [0, 0.05) is 18.4 Å². The summed E-state index contributed by atoms with van der Waals surface area (Å²) in [4.78, 5) is 35.8. The number of hydrogen-bond acceptors (Lipinski definition) is 5. The van der Waals surface area contributed by atoms with E-state index in [1.54, 1.807) is 6.08 Å². The van der Waals surface area contributed by atoms with Crippen LogP contribution >= 0.6 is 22.6 Å². The van der Waals surface area contributed by atoms with E-state index in [4.69, 9.17) is 9.47 Å². The lowest BCUT2D eigenvalue weighted by atomic mass is 9.64. The Kier molecular flexibility index (Phi) is 2.81. The van der Waals surface area contributed by atoms with Crippen LogP contribution in [0.1, 0.15) is 12.8 Å². The first-order valence-corrected chi connectivity index (χ1v) is 7.01. The smallest absolute Gasteiger partial charge is 0.334 e. The van der Waals surface area contributed by atoms with E-state index in [-0.39, 0.29) is 18.2 Å². The maximum Gasteiger partial charge on any atom is 0.334 e. The maximum absolute atomic E-state index is 12.4. The van der Waals surface area contributed by atoms with E-state index in [2.05, 4.69) is 22.6 Å². The van der Waals surface area contributed by atoms with Crippen molar-refractivity contribution in [2.24, 2.45) is 11.8 Å². The van der Waals surface area contributed by atoms with Gasteiger partial charge in [-0.2, -0.15) is 0 Å². The lowest BCUT2D eigenvalue weighted by molar-refractivity contribution is -0.163. The number of ether oxygens (including phenoxy) is 2. The zero-order valence-electron chi connectivity index (χ0n) is 10.1. The summed E-state index contributed by atoms with van der Waals surface area (Å²) < 4.78 is 11.0. The van der Waals surface area contributed by atoms with Gasteiger partial charge in [0.1, 0.15) is 0 Å². The first-order chi connectivity index (χ1) is 8.99. The van der Waals surface area contributed by atoms with Gasteiger partial charge in [0.2, 0.25) is 0 Å². The number of hydrogen-bond donors (Lipinski definition) is 0. The fourth-order valence-corrected chi connectivity index (χ4v) is 4.30. The number of carbonyl (C=O) groups excluding carboxylic acids is 3. The number of halogens is 1. The lowest BCUT2D eigenvalue weighted by Crippen LogP contribution is -2.55. The molecule has 1 saturated heterocycles. The Morgan fingerprint density at radius 1 is 1.47 bits per heavy atom. The molecule has 4 aliphatic rings. The Morgan fingerprint density at radius 3 is 2.79 bits per heavy atom. The first-order valence-electron chi connectivity index (χ1n) is 5.93. The van der Waals surface area contributed by atoms with Gasteiger partial charge in [-0.25, -0.2) is 4.79 Å². The predicted octanol–water partition coefficient (Wildman–Crippen LogP) is 1.31. The van der Waals surface area contributed by atoms with Gasteiger partial charge in [-0.1, -0.05) is 12.2 Å². The van der Waals surface area contributed by atoms with Gasteiger partial charge in [0.25, 0.3) is 0 Å². The van der Waals surface area contributed by atoms with Crippen LogP contribution in [-0.2, 0) is 23.9 Å². The molecular formula is C13H11IO5. The molecule has 1 aliphatic heterocycles. The monoisotopic (exact) mass is 374 g/mol. The summed E-state index contributed by atoms with van der Waals surface area (Å²) in [6, 6.07) is 0. The molecule has 2 bridgehead atoms. The Morgan fingerprint density at radius 2 is 2.21 bits per heavy atom. The molecule has 0 aromatic carbocycles. The van der Waals surface area contributed by atoms with E-state index in [9.17, 15) is 14.4 Å². The third-order valence-electron chi connectivity index (χ3n) is 3.89. The van der Waals surface area contributed by atoms with Crippen LogP contribution in [-0.4, -0.2) is 30.4 Å². The van der Waals surface area contributed by atoms with Gasteiger partial charge < -0.3 is 9.47 Å². The quantitative estimate of drug-likeness (QED) is 0.512. The Balaban J connectivity index is 2.12. The predicted molar refractivity (Wildman–Crippen MR) is 72.2 cm³/mol. The number of allylic oxidation sites excluding steroid dienone is 2. The van der Waals surface area contributed by atoms with Crippen LogP contribution < -0.4 is 0 Å². The largest absolute Gasteiger partial charge is 0.466 e. The highest BCUT2D eigenvalue weighted by Crippen LogP contribution is 2.53. The van der Waals surface area contributed by atoms with Gasteiger partial charge >= 0.3 is 11.9 Å². The highest BCUT2D eigenvalue weighted by Gasteiger charge is 2.61. The summed E-state index contributed by atoms with van der Waals surface area (Å²) in [5, 5.41) is 0. The van der Waals surface area contributed by atoms with E-state index in [0.29, 0.717) is 12.0 Å². The van der Waals surface area contributed by atoms with Gasteiger partial charge in [0.15, 0.2) is 11.4 Å². The summed E-state index contributed by atoms with van der Waals surface area (Å²) in [7, 11) is 1.30. The lowest BCUT2D eigenvalue weighted by Gasteiger charge is -2.43. The van der Waals surface area contributed by atoms with Gasteiger partial charge in [-0.05, 0) is 26.2 Å². The fraction of sp³-hybridized carbons (Fsp3) is 0.462. The van der Waals surface area contributed by atoms with E-state index >= 15 is 0 Å². The molecule has 1 heterocycles. The van der Waals surface area contributed by atoms with Crippen molar-refractivity contribution in [3.05, 3.63) is 21.3 Å². The molecule has 1 spiro atoms. The molecule has 0 saturated carbocycles. The van der Waals surface area contributed by atoms with Crippen LogP contribution in [0.4, 0.5) is 0 Å². The molecule has 19 heavy (non-hydrogen) atoms. The normalized spacial score (nSPS) is 36.1. The molecule has 0 aromatic rings. The summed E-state index contributed by atoms with van der Waals surface area (Å²) in [6.07, 6.45) is 3.99. The number of Topliss-reactive ketones (excluding diaryl/α,β-unsaturated/α-hetero) is 1. The van der Waals surface area contributed by atoms with Gasteiger partial charge in [-0.15, -0.1) is 0 Å². The Bertz CT molecular complexity index is 561. The molecule has 3 atom stereocenters. The van der Waals surface area contributed by atoms with Crippen LogP contribution in [0.5, 0.6) is 0 Å². The van der Waals surface area contributed by atoms with Crippen molar-refractivity contribution >= 4 is 40.3 Å². The van der Waals surface area contributed by atoms with Crippen molar-refractivity contribution in [3.63, 3.8) is 0 Å². The molecular weight excluding hydrogens is 363 g/mol. The van der Waals surface area contributed by atoms with Crippen molar-refractivity contribution < 1.29 is 23.9 Å². The highest BCUT2D eigenvalue weighted by molar-refractivity contribution is 14.1. The summed E-state index contributed by atoms with van der Waals surface area (Å²) in [5.74, 6) is -1.99. The highest BCUT2D eigenvalue weighted by atomic mass is 127. The molecule has 100 valence electrons. The molecule has 5 nitrogen and oxygen atoms in total. The molecule has 6 heteroatoms. The Labute approximate surface area is 123 Å². The number of esters is 2. The van der Waals surface area contributed by atoms with Crippen LogP contribution in [0, 0.1) is 11.8 Å². The third-order valence-corrected chi connectivity index (χ3v) is 4.87. The average Bonchev–Trinajstić information content (AvgIpc) is 2.76. The molecule has 4 rings (SSSR count). The number of carbonyl (C=O) groups is 3. The Hall–Kier alpha value is -1.18. The topological polar surface area (TPSA) is 69.7 Å². The number of ketones is 1. The van der Waals surface area contributed by atoms with Gasteiger partial charge in [0.05, 0.1) is 18.9 Å². The minimum absolute atomic E-state index is 0.128. The van der Waals surface area contributed by atoms with Crippen LogP contribution in [0.3, 0.4) is 0 Å². The molecule has 0 aromatic heterocycles. The third kappa shape index (κ3) is 1.62. The molecule has 0 N–H and O–H groups in total. The van der Waals surface area contributed by atoms with E-state index < -0.39 is 23.4 Å². The van der Waals surface area contributed by atoms with Crippen molar-refractivity contribution in [2.45, 2.75) is 18.4 Å². The second-order valence-electron chi connectivity index (χ2n) is 4.85. The van der Waals surface area contributed by atoms with Crippen LogP contribution in [0.15, 0.2) is 21.3 Å². The van der Waals surface area contributed by atoms with Crippen LogP contribution in [0.25, 0.3) is 0 Å². The molecule has 0 unspecified atom stereocenters. The van der Waals surface area contributed by atoms with Crippen molar-refractivity contribution in [1.29, 1.82) is 0 Å². The second kappa shape index (κ2) is 4.16. The number of methoxy groups -OCH3 is 1. The first kappa shape index (κ1) is 12.8. The zero-order chi connectivity index (χ0) is 13.8. The zero-order valence-corrected chi connectivity index (χ0v) is 12.3. The minimum atomic E-state index is -1.19. The van der Waals surface area contributed by atoms with E-state index in [1.165, 1.54) is 7.11 Å². The van der Waals surface area contributed by atoms with Crippen molar-refractivity contribution in [1.82, 2.24) is 0 Å². The van der Waals surface area contributed by atoms with Crippen molar-refractivity contribution in [3.8, 4) is 0 Å². The molecule has 3 aliphatic carbocycles. The fourth-order valence-electron chi connectivity index (χ4n) is 3.08. The summed E-state index contributed by atoms with van der Waals surface area (Å²) >= 11 is 2.10. The SMILES string of the molecule is COC(=O)C1=C[C@H]2C=C(I)[C@@H]1[C@]1(CCC(=O)O1)C2=O. The van der Waals surface area contributed by atoms with Gasteiger partial charge in [-0.3, -0.25) is 9.59 Å².